The molecule has 130 valence electrons. The smallest absolute Gasteiger partial charge is 0.377 e. The molecule has 1 fully saturated rings. The Hall–Kier alpha value is -0.723. The molecule has 1 aromatic rings. The standard InChI is InChI=1S/C18H31NO3Si/c1-4-13-19-14-9-8-12-18(19)15-22-23(20-2,21-3)16-17-10-6-5-7-11-17/h5-7,10-11,18H,4,8-9,12-16H2,1-3H3. The SMILES string of the molecule is CCCN1CCCCC1CO[Si](Cc1ccccc1)(OC)OC. The molecule has 0 amide bonds. The first-order valence-corrected chi connectivity index (χ1v) is 10.7. The number of hydrogen-bond donors (Lipinski definition) is 0. The van der Waals surface area contributed by atoms with Crippen LogP contribution >= 0.6 is 0 Å². The van der Waals surface area contributed by atoms with Gasteiger partial charge in [0.25, 0.3) is 0 Å². The molecule has 0 bridgehead atoms. The average molecular weight is 338 g/mol. The third kappa shape index (κ3) is 5.40. The molecule has 0 aliphatic carbocycles. The summed E-state index contributed by atoms with van der Waals surface area (Å²) in [7, 11) is 0.776. The van der Waals surface area contributed by atoms with Crippen molar-refractivity contribution in [2.24, 2.45) is 0 Å². The van der Waals surface area contributed by atoms with Crippen molar-refractivity contribution in [2.45, 2.75) is 44.7 Å². The molecule has 1 saturated heterocycles. The van der Waals surface area contributed by atoms with Crippen LogP contribution < -0.4 is 0 Å². The average Bonchev–Trinajstić information content (AvgIpc) is 2.61. The Balaban J connectivity index is 1.97. The van der Waals surface area contributed by atoms with Crippen molar-refractivity contribution >= 4 is 8.80 Å². The van der Waals surface area contributed by atoms with Crippen molar-refractivity contribution in [1.29, 1.82) is 0 Å². The van der Waals surface area contributed by atoms with Gasteiger partial charge >= 0.3 is 8.80 Å². The Morgan fingerprint density at radius 1 is 1.13 bits per heavy atom. The lowest BCUT2D eigenvalue weighted by Gasteiger charge is -2.37. The molecule has 0 saturated carbocycles. The fourth-order valence-corrected chi connectivity index (χ4v) is 5.27. The van der Waals surface area contributed by atoms with Crippen molar-refractivity contribution in [3.63, 3.8) is 0 Å². The zero-order valence-electron chi connectivity index (χ0n) is 14.8. The molecule has 1 heterocycles. The molecule has 23 heavy (non-hydrogen) atoms. The zero-order chi connectivity index (χ0) is 16.5. The monoisotopic (exact) mass is 337 g/mol. The summed E-state index contributed by atoms with van der Waals surface area (Å²) in [5.41, 5.74) is 1.21. The third-order valence-electron chi connectivity index (χ3n) is 4.64. The quantitative estimate of drug-likeness (QED) is 0.647. The van der Waals surface area contributed by atoms with Crippen LogP contribution in [0.25, 0.3) is 0 Å². The van der Waals surface area contributed by atoms with E-state index in [4.69, 9.17) is 13.3 Å². The molecule has 0 aromatic heterocycles. The lowest BCUT2D eigenvalue weighted by Crippen LogP contribution is -2.51. The van der Waals surface area contributed by atoms with Crippen LogP contribution in [-0.2, 0) is 19.3 Å². The second-order valence-corrected chi connectivity index (χ2v) is 9.07. The maximum absolute atomic E-state index is 6.30. The van der Waals surface area contributed by atoms with E-state index in [1.165, 1.54) is 37.8 Å². The summed E-state index contributed by atoms with van der Waals surface area (Å²) < 4.78 is 17.8. The maximum atomic E-state index is 6.30. The van der Waals surface area contributed by atoms with Crippen LogP contribution in [0.2, 0.25) is 0 Å². The van der Waals surface area contributed by atoms with E-state index in [-0.39, 0.29) is 0 Å². The molecule has 0 N–H and O–H groups in total. The van der Waals surface area contributed by atoms with E-state index in [1.54, 1.807) is 14.2 Å². The summed E-state index contributed by atoms with van der Waals surface area (Å²) >= 11 is 0. The van der Waals surface area contributed by atoms with E-state index in [9.17, 15) is 0 Å². The minimum Gasteiger partial charge on any atom is -0.377 e. The van der Waals surface area contributed by atoms with Crippen molar-refractivity contribution < 1.29 is 13.3 Å². The lowest BCUT2D eigenvalue weighted by atomic mass is 10.0. The Bertz CT molecular complexity index is 437. The number of piperidine rings is 1. The zero-order valence-corrected chi connectivity index (χ0v) is 15.8. The molecule has 1 aliphatic rings. The van der Waals surface area contributed by atoms with E-state index in [2.05, 4.69) is 24.0 Å². The van der Waals surface area contributed by atoms with Gasteiger partial charge in [0.1, 0.15) is 0 Å². The van der Waals surface area contributed by atoms with E-state index >= 15 is 0 Å². The summed E-state index contributed by atoms with van der Waals surface area (Å²) in [5.74, 6) is 0. The molecule has 0 spiro atoms. The molecule has 1 aliphatic heterocycles. The van der Waals surface area contributed by atoms with Crippen molar-refractivity contribution in [3.8, 4) is 0 Å². The van der Waals surface area contributed by atoms with Gasteiger partial charge in [-0.3, -0.25) is 4.90 Å². The van der Waals surface area contributed by atoms with Gasteiger partial charge in [-0.25, -0.2) is 0 Å². The van der Waals surface area contributed by atoms with Gasteiger partial charge < -0.3 is 13.3 Å². The van der Waals surface area contributed by atoms with E-state index in [0.29, 0.717) is 12.6 Å². The Morgan fingerprint density at radius 3 is 2.52 bits per heavy atom. The molecule has 1 atom stereocenters. The molecule has 4 nitrogen and oxygen atoms in total. The minimum absolute atomic E-state index is 0.497. The van der Waals surface area contributed by atoms with Crippen LogP contribution in [0, 0.1) is 0 Å². The highest BCUT2D eigenvalue weighted by atomic mass is 28.4. The normalized spacial score (nSPS) is 19.9. The second-order valence-electron chi connectivity index (χ2n) is 6.25. The Morgan fingerprint density at radius 2 is 1.87 bits per heavy atom. The van der Waals surface area contributed by atoms with Crippen LogP contribution in [0.1, 0.15) is 38.2 Å². The van der Waals surface area contributed by atoms with E-state index in [0.717, 1.165) is 12.6 Å². The molecule has 0 radical (unpaired) electrons. The number of hydrogen-bond acceptors (Lipinski definition) is 4. The molecule has 5 heteroatoms. The summed E-state index contributed by atoms with van der Waals surface area (Å²) in [6, 6.07) is 11.5. The highest BCUT2D eigenvalue weighted by Gasteiger charge is 2.40. The van der Waals surface area contributed by atoms with Crippen molar-refractivity contribution in [2.75, 3.05) is 33.9 Å². The van der Waals surface area contributed by atoms with Gasteiger partial charge in [0.2, 0.25) is 0 Å². The first-order chi connectivity index (χ1) is 11.2. The Kier molecular flexibility index (Phi) is 7.72. The molecule has 1 aromatic carbocycles. The highest BCUT2D eigenvalue weighted by Crippen LogP contribution is 2.21. The number of likely N-dealkylation sites (tertiary alicyclic amines) is 1. The topological polar surface area (TPSA) is 30.9 Å². The molecular weight excluding hydrogens is 306 g/mol. The number of benzene rings is 1. The summed E-state index contributed by atoms with van der Waals surface area (Å²) in [6.45, 7) is 5.29. The predicted molar refractivity (Wildman–Crippen MR) is 95.4 cm³/mol. The highest BCUT2D eigenvalue weighted by molar-refractivity contribution is 6.60. The number of nitrogens with zero attached hydrogens (tertiary/aromatic N) is 1. The Labute approximate surface area is 142 Å². The lowest BCUT2D eigenvalue weighted by molar-refractivity contribution is 0.0437. The molecular formula is C18H31NO3Si. The summed E-state index contributed by atoms with van der Waals surface area (Å²) in [4.78, 5) is 2.57. The van der Waals surface area contributed by atoms with Gasteiger partial charge in [0, 0.05) is 26.3 Å². The largest absolute Gasteiger partial charge is 0.505 e. The second kappa shape index (κ2) is 9.54. The van der Waals surface area contributed by atoms with Gasteiger partial charge in [0.05, 0.1) is 6.61 Å². The fraction of sp³-hybridized carbons (Fsp3) is 0.667. The van der Waals surface area contributed by atoms with Crippen LogP contribution in [0.3, 0.4) is 0 Å². The van der Waals surface area contributed by atoms with Crippen molar-refractivity contribution in [1.82, 2.24) is 4.90 Å². The molecule has 1 unspecified atom stereocenters. The molecule has 2 rings (SSSR count). The van der Waals surface area contributed by atoms with Gasteiger partial charge in [-0.05, 0) is 37.9 Å². The van der Waals surface area contributed by atoms with Crippen LogP contribution in [0.5, 0.6) is 0 Å². The van der Waals surface area contributed by atoms with E-state index < -0.39 is 8.80 Å². The van der Waals surface area contributed by atoms with Crippen LogP contribution in [-0.4, -0.2) is 53.7 Å². The van der Waals surface area contributed by atoms with Gasteiger partial charge in [-0.15, -0.1) is 0 Å². The van der Waals surface area contributed by atoms with Gasteiger partial charge in [0.15, 0.2) is 0 Å². The predicted octanol–water partition coefficient (Wildman–Crippen LogP) is 3.28. The summed E-state index contributed by atoms with van der Waals surface area (Å²) in [5, 5.41) is 0. The third-order valence-corrected chi connectivity index (χ3v) is 7.33. The van der Waals surface area contributed by atoms with Gasteiger partial charge in [-0.2, -0.15) is 0 Å². The van der Waals surface area contributed by atoms with E-state index in [1.807, 2.05) is 18.2 Å². The first-order valence-electron chi connectivity index (χ1n) is 8.75. The van der Waals surface area contributed by atoms with Crippen molar-refractivity contribution in [3.05, 3.63) is 35.9 Å². The fourth-order valence-electron chi connectivity index (χ4n) is 3.30. The number of rotatable bonds is 9. The maximum Gasteiger partial charge on any atom is 0.505 e. The minimum atomic E-state index is -2.65. The first kappa shape index (κ1) is 18.6. The van der Waals surface area contributed by atoms with Crippen LogP contribution in [0.4, 0.5) is 0 Å². The summed E-state index contributed by atoms with van der Waals surface area (Å²) in [6.07, 6.45) is 5.00. The van der Waals surface area contributed by atoms with Crippen LogP contribution in [0.15, 0.2) is 30.3 Å². The van der Waals surface area contributed by atoms with Gasteiger partial charge in [-0.1, -0.05) is 43.7 Å².